The van der Waals surface area contributed by atoms with E-state index in [0.29, 0.717) is 6.04 Å². The summed E-state index contributed by atoms with van der Waals surface area (Å²) in [7, 11) is 0. The van der Waals surface area contributed by atoms with Crippen molar-refractivity contribution in [3.05, 3.63) is 46.6 Å². The second kappa shape index (κ2) is 7.51. The monoisotopic (exact) mass is 369 g/mol. The van der Waals surface area contributed by atoms with Crippen LogP contribution in [0.3, 0.4) is 0 Å². The van der Waals surface area contributed by atoms with E-state index in [0.717, 1.165) is 53.4 Å². The van der Waals surface area contributed by atoms with Crippen molar-refractivity contribution < 1.29 is 0 Å². The molecule has 1 fully saturated rings. The van der Waals surface area contributed by atoms with Crippen molar-refractivity contribution in [1.29, 1.82) is 0 Å². The van der Waals surface area contributed by atoms with Gasteiger partial charge < -0.3 is 5.32 Å². The molecule has 3 aromatic rings. The lowest BCUT2D eigenvalue weighted by Gasteiger charge is -2.35. The van der Waals surface area contributed by atoms with Gasteiger partial charge in [-0.2, -0.15) is 5.10 Å². The molecule has 136 valence electrons. The third kappa shape index (κ3) is 3.91. The maximum atomic E-state index is 4.75. The van der Waals surface area contributed by atoms with E-state index in [1.807, 2.05) is 25.3 Å². The van der Waals surface area contributed by atoms with E-state index in [1.54, 1.807) is 17.5 Å². The van der Waals surface area contributed by atoms with Gasteiger partial charge in [0.1, 0.15) is 11.6 Å². The van der Waals surface area contributed by atoms with Crippen LogP contribution >= 0.6 is 11.3 Å². The molecule has 0 aliphatic carbocycles. The van der Waals surface area contributed by atoms with E-state index >= 15 is 0 Å². The lowest BCUT2D eigenvalue weighted by atomic mass is 9.98. The molecule has 1 aliphatic heterocycles. The Morgan fingerprint density at radius 1 is 1.27 bits per heavy atom. The van der Waals surface area contributed by atoms with Gasteiger partial charge in [0.2, 0.25) is 0 Å². The fourth-order valence-electron chi connectivity index (χ4n) is 3.45. The third-order valence-electron chi connectivity index (χ3n) is 4.60. The number of anilines is 2. The number of hydrogen-bond donors (Lipinski definition) is 2. The van der Waals surface area contributed by atoms with Gasteiger partial charge in [-0.05, 0) is 39.3 Å². The summed E-state index contributed by atoms with van der Waals surface area (Å²) >= 11 is 1.59. The van der Waals surface area contributed by atoms with Gasteiger partial charge in [0.05, 0.1) is 17.4 Å². The van der Waals surface area contributed by atoms with Crippen LogP contribution in [-0.4, -0.2) is 36.6 Å². The summed E-state index contributed by atoms with van der Waals surface area (Å²) < 4.78 is 0. The van der Waals surface area contributed by atoms with Crippen LogP contribution in [0.2, 0.25) is 0 Å². The smallest absolute Gasteiger partial charge is 0.188 e. The Morgan fingerprint density at radius 3 is 2.96 bits per heavy atom. The predicted octanol–water partition coefficient (Wildman–Crippen LogP) is 3.74. The van der Waals surface area contributed by atoms with Crippen molar-refractivity contribution in [2.75, 3.05) is 11.9 Å². The Balaban J connectivity index is 1.58. The van der Waals surface area contributed by atoms with Gasteiger partial charge in [0.25, 0.3) is 0 Å². The minimum Gasteiger partial charge on any atom is -0.316 e. The molecule has 4 heterocycles. The molecule has 3 aromatic heterocycles. The number of piperidine rings is 1. The highest BCUT2D eigenvalue weighted by atomic mass is 32.1. The van der Waals surface area contributed by atoms with Crippen LogP contribution in [0.15, 0.2) is 23.7 Å². The molecule has 0 spiro atoms. The van der Waals surface area contributed by atoms with Gasteiger partial charge in [-0.3, -0.25) is 10.00 Å². The normalized spacial score (nSPS) is 18.2. The Bertz CT molecular complexity index is 858. The van der Waals surface area contributed by atoms with E-state index in [4.69, 9.17) is 4.98 Å². The SMILES string of the molecule is Cc1csc(Nc2cc([C@H]3CCCCN3Cc3ccn[nH]3)nc(C)n2)n1. The Morgan fingerprint density at radius 2 is 2.19 bits per heavy atom. The first-order valence-electron chi connectivity index (χ1n) is 8.94. The Hall–Kier alpha value is -2.32. The number of aromatic nitrogens is 5. The van der Waals surface area contributed by atoms with Crippen LogP contribution in [0.5, 0.6) is 0 Å². The first-order chi connectivity index (χ1) is 12.7. The highest BCUT2D eigenvalue weighted by Gasteiger charge is 2.26. The van der Waals surface area contributed by atoms with Gasteiger partial charge in [-0.15, -0.1) is 11.3 Å². The van der Waals surface area contributed by atoms with E-state index in [9.17, 15) is 0 Å². The molecule has 0 amide bonds. The van der Waals surface area contributed by atoms with E-state index < -0.39 is 0 Å². The molecule has 2 N–H and O–H groups in total. The Kier molecular flexibility index (Phi) is 4.94. The zero-order valence-corrected chi connectivity index (χ0v) is 15.9. The number of nitrogens with zero attached hydrogens (tertiary/aromatic N) is 5. The number of hydrogen-bond acceptors (Lipinski definition) is 7. The quantitative estimate of drug-likeness (QED) is 0.713. The number of aryl methyl sites for hydroxylation is 2. The predicted molar refractivity (Wildman–Crippen MR) is 102 cm³/mol. The van der Waals surface area contributed by atoms with Crippen LogP contribution in [0.25, 0.3) is 0 Å². The van der Waals surface area contributed by atoms with Gasteiger partial charge in [0, 0.05) is 29.9 Å². The highest BCUT2D eigenvalue weighted by molar-refractivity contribution is 7.13. The first-order valence-corrected chi connectivity index (χ1v) is 9.82. The summed E-state index contributed by atoms with van der Waals surface area (Å²) in [4.78, 5) is 16.2. The van der Waals surface area contributed by atoms with Gasteiger partial charge >= 0.3 is 0 Å². The van der Waals surface area contributed by atoms with E-state index in [2.05, 4.69) is 36.4 Å². The molecule has 26 heavy (non-hydrogen) atoms. The summed E-state index contributed by atoms with van der Waals surface area (Å²) in [6.45, 7) is 5.88. The maximum Gasteiger partial charge on any atom is 0.188 e. The zero-order chi connectivity index (χ0) is 17.9. The molecule has 4 rings (SSSR count). The van der Waals surface area contributed by atoms with Crippen LogP contribution < -0.4 is 5.32 Å². The average molecular weight is 369 g/mol. The number of H-pyrrole nitrogens is 1. The standard InChI is InChI=1S/C18H23N7S/c1-12-11-26-18(20-12)23-17-9-15(21-13(2)22-17)16-5-3-4-8-25(16)10-14-6-7-19-24-14/h6-7,9,11,16H,3-5,8,10H2,1-2H3,(H,19,24)(H,20,21,22,23)/t16-/m1/s1. The summed E-state index contributed by atoms with van der Waals surface area (Å²) in [5.41, 5.74) is 3.23. The summed E-state index contributed by atoms with van der Waals surface area (Å²) in [6, 6.07) is 4.40. The average Bonchev–Trinajstić information content (AvgIpc) is 3.27. The lowest BCUT2D eigenvalue weighted by molar-refractivity contribution is 0.135. The van der Waals surface area contributed by atoms with Crippen LogP contribution in [-0.2, 0) is 6.54 Å². The second-order valence-electron chi connectivity index (χ2n) is 6.71. The van der Waals surface area contributed by atoms with Gasteiger partial charge in [0.15, 0.2) is 5.13 Å². The molecule has 1 aliphatic rings. The van der Waals surface area contributed by atoms with Crippen molar-refractivity contribution in [3.63, 3.8) is 0 Å². The molecule has 8 heteroatoms. The number of thiazole rings is 1. The van der Waals surface area contributed by atoms with E-state index in [1.165, 1.54) is 12.8 Å². The third-order valence-corrected chi connectivity index (χ3v) is 5.47. The number of aromatic amines is 1. The second-order valence-corrected chi connectivity index (χ2v) is 7.57. The molecule has 1 saturated heterocycles. The number of rotatable bonds is 5. The molecule has 7 nitrogen and oxygen atoms in total. The maximum absolute atomic E-state index is 4.75. The van der Waals surface area contributed by atoms with Crippen molar-refractivity contribution in [3.8, 4) is 0 Å². The van der Waals surface area contributed by atoms with Gasteiger partial charge in [-0.25, -0.2) is 15.0 Å². The largest absolute Gasteiger partial charge is 0.316 e. The van der Waals surface area contributed by atoms with Crippen molar-refractivity contribution in [1.82, 2.24) is 30.0 Å². The first kappa shape index (κ1) is 17.1. The molecular weight excluding hydrogens is 346 g/mol. The number of likely N-dealkylation sites (tertiary alicyclic amines) is 1. The van der Waals surface area contributed by atoms with Crippen molar-refractivity contribution in [2.24, 2.45) is 0 Å². The van der Waals surface area contributed by atoms with E-state index in [-0.39, 0.29) is 0 Å². The molecular formula is C18H23N7S. The minimum absolute atomic E-state index is 0.298. The van der Waals surface area contributed by atoms with Crippen molar-refractivity contribution in [2.45, 2.75) is 45.7 Å². The summed E-state index contributed by atoms with van der Waals surface area (Å²) in [5.74, 6) is 1.60. The van der Waals surface area contributed by atoms with Gasteiger partial charge in [-0.1, -0.05) is 6.42 Å². The van der Waals surface area contributed by atoms with Crippen LogP contribution in [0, 0.1) is 13.8 Å². The molecule has 0 bridgehead atoms. The lowest BCUT2D eigenvalue weighted by Crippen LogP contribution is -2.33. The fraction of sp³-hybridized carbons (Fsp3) is 0.444. The topological polar surface area (TPSA) is 82.6 Å². The molecule has 0 radical (unpaired) electrons. The summed E-state index contributed by atoms with van der Waals surface area (Å²) in [6.07, 6.45) is 5.36. The zero-order valence-electron chi connectivity index (χ0n) is 15.1. The summed E-state index contributed by atoms with van der Waals surface area (Å²) in [5, 5.41) is 13.4. The molecule has 0 saturated carbocycles. The minimum atomic E-state index is 0.298. The molecule has 1 atom stereocenters. The molecule has 0 unspecified atom stereocenters. The Labute approximate surface area is 156 Å². The van der Waals surface area contributed by atoms with Crippen LogP contribution in [0.1, 0.15) is 48.2 Å². The number of nitrogens with one attached hydrogen (secondary N) is 2. The van der Waals surface area contributed by atoms with Crippen molar-refractivity contribution >= 4 is 22.3 Å². The fourth-order valence-corrected chi connectivity index (χ4v) is 4.15. The molecule has 0 aromatic carbocycles. The highest BCUT2D eigenvalue weighted by Crippen LogP contribution is 2.32. The van der Waals surface area contributed by atoms with Crippen LogP contribution in [0.4, 0.5) is 10.9 Å².